The lowest BCUT2D eigenvalue weighted by atomic mass is 9.93. The fourth-order valence-electron chi connectivity index (χ4n) is 4.82. The quantitative estimate of drug-likeness (QED) is 0.254. The summed E-state index contributed by atoms with van der Waals surface area (Å²) in [6.45, 7) is 3.58. The van der Waals surface area contributed by atoms with Crippen LogP contribution in [0.3, 0.4) is 0 Å². The van der Waals surface area contributed by atoms with Crippen molar-refractivity contribution < 1.29 is 18.6 Å². The first-order valence-corrected chi connectivity index (χ1v) is 12.7. The van der Waals surface area contributed by atoms with Gasteiger partial charge in [0.1, 0.15) is 17.5 Å². The lowest BCUT2D eigenvalue weighted by molar-refractivity contribution is 0.121. The Balaban J connectivity index is 1.17. The van der Waals surface area contributed by atoms with Gasteiger partial charge in [-0.2, -0.15) is 0 Å². The van der Waals surface area contributed by atoms with E-state index in [1.807, 2.05) is 61.5 Å². The van der Waals surface area contributed by atoms with Crippen molar-refractivity contribution in [3.63, 3.8) is 0 Å². The van der Waals surface area contributed by atoms with Crippen LogP contribution in [0.5, 0.6) is 0 Å². The molecule has 0 bridgehead atoms. The Morgan fingerprint density at radius 3 is 2.18 bits per heavy atom. The average Bonchev–Trinajstić information content (AvgIpc) is 3.53. The molecule has 2 aromatic heterocycles. The van der Waals surface area contributed by atoms with Crippen LogP contribution in [0.2, 0.25) is 0 Å². The van der Waals surface area contributed by atoms with E-state index in [2.05, 4.69) is 44.9 Å². The van der Waals surface area contributed by atoms with Gasteiger partial charge in [-0.1, -0.05) is 89.2 Å². The SMILES string of the molecule is Cc1noc(-c2ccc(-c3ccc(C4(c5noc(=O)[nH]5)CC4)cc3)cc2)c1NC(=O)OC(C)c1ccccc1. The number of H-pyrrole nitrogens is 1. The normalized spacial score (nSPS) is 14.5. The molecule has 1 amide bonds. The number of hydrogen-bond acceptors (Lipinski definition) is 7. The number of ether oxygens (including phenoxy) is 1. The summed E-state index contributed by atoms with van der Waals surface area (Å²) in [7, 11) is 0. The van der Waals surface area contributed by atoms with Crippen LogP contribution in [0.15, 0.2) is 92.7 Å². The van der Waals surface area contributed by atoms with Crippen LogP contribution in [0.25, 0.3) is 22.5 Å². The summed E-state index contributed by atoms with van der Waals surface area (Å²) in [6, 6.07) is 25.6. The average molecular weight is 523 g/mol. The number of aromatic amines is 1. The number of nitrogens with zero attached hydrogens (tertiary/aromatic N) is 2. The summed E-state index contributed by atoms with van der Waals surface area (Å²) in [6.07, 6.45) is 0.831. The van der Waals surface area contributed by atoms with E-state index in [0.717, 1.165) is 40.7 Å². The number of aromatic nitrogens is 3. The molecule has 1 saturated carbocycles. The van der Waals surface area contributed by atoms with Crippen molar-refractivity contribution in [3.8, 4) is 22.5 Å². The number of carbonyl (C=O) groups is 1. The standard InChI is InChI=1S/C30H26N4O5/c1-18-25(31-28(35)37-19(2)20-6-4-3-5-7-20)26(38-33-18)23-10-8-21(9-11-23)22-12-14-24(15-13-22)30(16-17-30)27-32-29(36)39-34-27/h3-15,19H,16-17H2,1-2H3,(H,31,35)(H,32,34,36). The van der Waals surface area contributed by atoms with Crippen LogP contribution in [-0.2, 0) is 10.2 Å². The molecule has 1 unspecified atom stereocenters. The van der Waals surface area contributed by atoms with E-state index in [0.29, 0.717) is 23.0 Å². The van der Waals surface area contributed by atoms with Gasteiger partial charge in [-0.25, -0.2) is 9.59 Å². The van der Waals surface area contributed by atoms with Crippen molar-refractivity contribution in [2.45, 2.75) is 38.2 Å². The van der Waals surface area contributed by atoms with Crippen molar-refractivity contribution in [2.75, 3.05) is 5.32 Å². The van der Waals surface area contributed by atoms with Gasteiger partial charge in [0.15, 0.2) is 11.6 Å². The van der Waals surface area contributed by atoms with Crippen LogP contribution in [0.1, 0.15) is 48.5 Å². The van der Waals surface area contributed by atoms with Crippen molar-refractivity contribution in [2.24, 2.45) is 0 Å². The Morgan fingerprint density at radius 1 is 0.923 bits per heavy atom. The van der Waals surface area contributed by atoms with Gasteiger partial charge in [0, 0.05) is 5.56 Å². The van der Waals surface area contributed by atoms with Crippen LogP contribution < -0.4 is 11.1 Å². The molecule has 1 aliphatic rings. The van der Waals surface area contributed by atoms with Crippen molar-refractivity contribution in [1.29, 1.82) is 0 Å². The zero-order chi connectivity index (χ0) is 27.0. The highest BCUT2D eigenvalue weighted by Gasteiger charge is 2.49. The monoisotopic (exact) mass is 522 g/mol. The molecule has 196 valence electrons. The van der Waals surface area contributed by atoms with Crippen molar-refractivity contribution in [1.82, 2.24) is 15.3 Å². The van der Waals surface area contributed by atoms with Gasteiger partial charge < -0.3 is 9.26 Å². The third-order valence-corrected chi connectivity index (χ3v) is 7.20. The number of carbonyl (C=O) groups excluding carboxylic acids is 1. The second-order valence-corrected chi connectivity index (χ2v) is 9.74. The molecule has 9 nitrogen and oxygen atoms in total. The minimum atomic E-state index is -0.584. The highest BCUT2D eigenvalue weighted by Crippen LogP contribution is 2.52. The molecule has 1 fully saturated rings. The van der Waals surface area contributed by atoms with E-state index in [4.69, 9.17) is 13.8 Å². The predicted octanol–water partition coefficient (Wildman–Crippen LogP) is 6.38. The minimum absolute atomic E-state index is 0.276. The predicted molar refractivity (Wildman–Crippen MR) is 144 cm³/mol. The molecular weight excluding hydrogens is 496 g/mol. The van der Waals surface area contributed by atoms with Gasteiger partial charge >= 0.3 is 11.8 Å². The molecule has 39 heavy (non-hydrogen) atoms. The Labute approximate surface area is 223 Å². The summed E-state index contributed by atoms with van der Waals surface area (Å²) in [4.78, 5) is 26.7. The van der Waals surface area contributed by atoms with Crippen LogP contribution in [0, 0.1) is 6.92 Å². The Morgan fingerprint density at radius 2 is 1.56 bits per heavy atom. The largest absolute Gasteiger partial charge is 0.441 e. The zero-order valence-electron chi connectivity index (χ0n) is 21.4. The van der Waals surface area contributed by atoms with Gasteiger partial charge in [0.25, 0.3) is 0 Å². The van der Waals surface area contributed by atoms with E-state index in [1.54, 1.807) is 6.92 Å². The number of anilines is 1. The van der Waals surface area contributed by atoms with E-state index < -0.39 is 18.0 Å². The van der Waals surface area contributed by atoms with E-state index >= 15 is 0 Å². The summed E-state index contributed by atoms with van der Waals surface area (Å²) >= 11 is 0. The molecule has 0 spiro atoms. The molecule has 0 saturated heterocycles. The Hall–Kier alpha value is -4.92. The number of nitrogens with one attached hydrogen (secondary N) is 2. The summed E-state index contributed by atoms with van der Waals surface area (Å²) in [5.74, 6) is 0.498. The molecule has 1 atom stereocenters. The molecule has 9 heteroatoms. The van der Waals surface area contributed by atoms with Crippen LogP contribution in [-0.4, -0.2) is 21.4 Å². The second-order valence-electron chi connectivity index (χ2n) is 9.74. The molecule has 6 rings (SSSR count). The summed E-state index contributed by atoms with van der Waals surface area (Å²) in [5, 5.41) is 10.8. The Kier molecular flexibility index (Phi) is 6.11. The molecule has 2 N–H and O–H groups in total. The smallest absolute Gasteiger partial charge is 0.438 e. The number of hydrogen-bond donors (Lipinski definition) is 2. The molecule has 1 aliphatic carbocycles. The maximum atomic E-state index is 12.6. The van der Waals surface area contributed by atoms with Crippen molar-refractivity contribution in [3.05, 3.63) is 112 Å². The fourth-order valence-corrected chi connectivity index (χ4v) is 4.82. The second kappa shape index (κ2) is 9.75. The number of amides is 1. The third kappa shape index (κ3) is 4.74. The highest BCUT2D eigenvalue weighted by atomic mass is 16.6. The Bertz CT molecular complexity index is 1660. The van der Waals surface area contributed by atoms with Crippen LogP contribution in [0.4, 0.5) is 10.5 Å². The molecule has 2 heterocycles. The number of rotatable bonds is 7. The van der Waals surface area contributed by atoms with E-state index in [9.17, 15) is 9.59 Å². The number of aryl methyl sites for hydroxylation is 1. The molecule has 3 aromatic carbocycles. The van der Waals surface area contributed by atoms with Crippen LogP contribution >= 0.6 is 0 Å². The van der Waals surface area contributed by atoms with E-state index in [1.165, 1.54) is 0 Å². The first-order valence-electron chi connectivity index (χ1n) is 12.7. The zero-order valence-corrected chi connectivity index (χ0v) is 21.4. The number of benzene rings is 3. The molecule has 0 aliphatic heterocycles. The maximum absolute atomic E-state index is 12.6. The lowest BCUT2D eigenvalue weighted by Gasteiger charge is -2.14. The van der Waals surface area contributed by atoms with Gasteiger partial charge in [0.2, 0.25) is 0 Å². The van der Waals surface area contributed by atoms with Gasteiger partial charge in [-0.05, 0) is 48.9 Å². The lowest BCUT2D eigenvalue weighted by Crippen LogP contribution is -2.16. The molecular formula is C30H26N4O5. The highest BCUT2D eigenvalue weighted by molar-refractivity contribution is 5.91. The first-order chi connectivity index (χ1) is 18.9. The third-order valence-electron chi connectivity index (χ3n) is 7.20. The summed E-state index contributed by atoms with van der Waals surface area (Å²) in [5.41, 5.74) is 5.57. The van der Waals surface area contributed by atoms with Gasteiger partial charge in [-0.15, -0.1) is 0 Å². The topological polar surface area (TPSA) is 123 Å². The molecule has 0 radical (unpaired) electrons. The summed E-state index contributed by atoms with van der Waals surface area (Å²) < 4.78 is 15.8. The molecule has 5 aromatic rings. The fraction of sp³-hybridized carbons (Fsp3) is 0.200. The van der Waals surface area contributed by atoms with Gasteiger partial charge in [-0.3, -0.25) is 14.8 Å². The van der Waals surface area contributed by atoms with E-state index in [-0.39, 0.29) is 5.41 Å². The van der Waals surface area contributed by atoms with Crippen molar-refractivity contribution >= 4 is 11.8 Å². The maximum Gasteiger partial charge on any atom is 0.438 e. The van der Waals surface area contributed by atoms with Gasteiger partial charge in [0.05, 0.1) is 5.41 Å². The first kappa shape index (κ1) is 24.4. The minimum Gasteiger partial charge on any atom is -0.441 e.